The summed E-state index contributed by atoms with van der Waals surface area (Å²) in [5.41, 5.74) is 5.08. The molecule has 0 saturated heterocycles. The second kappa shape index (κ2) is 15.8. The molecule has 0 aromatic heterocycles. The van der Waals surface area contributed by atoms with Gasteiger partial charge in [-0.2, -0.15) is 0 Å². The van der Waals surface area contributed by atoms with Crippen molar-refractivity contribution in [2.45, 2.75) is 23.9 Å². The Morgan fingerprint density at radius 1 is 0.648 bits per heavy atom. The number of halogens is 1. The van der Waals surface area contributed by atoms with Gasteiger partial charge in [0.2, 0.25) is 0 Å². The molecule has 268 valence electrons. The van der Waals surface area contributed by atoms with E-state index in [0.717, 1.165) is 38.6 Å². The number of carboxylic acid groups (broad SMARTS) is 1. The fraction of sp³-hybridized carbons (Fsp3) is 0.0667. The minimum absolute atomic E-state index is 0.0245. The number of aliphatic carboxylic acids is 1. The highest BCUT2D eigenvalue weighted by molar-refractivity contribution is 7.92. The van der Waals surface area contributed by atoms with Gasteiger partial charge >= 0.3 is 5.97 Å². The summed E-state index contributed by atoms with van der Waals surface area (Å²) >= 11 is 6.48. The average molecular weight is 751 g/mol. The van der Waals surface area contributed by atoms with Crippen LogP contribution < -0.4 is 9.62 Å². The molecule has 1 unspecified atom stereocenters. The number of carbonyl (C=O) groups is 2. The second-order valence-corrected chi connectivity index (χ2v) is 15.1. The number of sulfonamides is 1. The molecule has 0 aliphatic carbocycles. The highest BCUT2D eigenvalue weighted by atomic mass is 35.5. The summed E-state index contributed by atoms with van der Waals surface area (Å²) in [6.45, 7) is -0.106. The molecule has 0 bridgehead atoms. The van der Waals surface area contributed by atoms with Crippen molar-refractivity contribution in [3.8, 4) is 22.3 Å². The number of carboxylic acids is 1. The van der Waals surface area contributed by atoms with E-state index in [2.05, 4.69) is 5.32 Å². The van der Waals surface area contributed by atoms with Crippen LogP contribution in [-0.4, -0.2) is 25.4 Å². The summed E-state index contributed by atoms with van der Waals surface area (Å²) < 4.78 is 30.8. The van der Waals surface area contributed by atoms with Crippen LogP contribution in [0.5, 0.6) is 0 Å². The predicted octanol–water partition coefficient (Wildman–Crippen LogP) is 10.2. The zero-order valence-corrected chi connectivity index (χ0v) is 30.5. The maximum absolute atomic E-state index is 14.8. The minimum atomic E-state index is -4.30. The van der Waals surface area contributed by atoms with Crippen molar-refractivity contribution in [2.75, 3.05) is 4.31 Å². The van der Waals surface area contributed by atoms with E-state index in [0.29, 0.717) is 5.56 Å². The van der Waals surface area contributed by atoms with E-state index in [4.69, 9.17) is 11.6 Å². The Hall–Kier alpha value is -6.22. The van der Waals surface area contributed by atoms with Crippen LogP contribution in [0.1, 0.15) is 33.9 Å². The molecular weight excluding hydrogens is 716 g/mol. The van der Waals surface area contributed by atoms with Gasteiger partial charge in [-0.05, 0) is 74.5 Å². The molecule has 0 fully saturated rings. The summed E-state index contributed by atoms with van der Waals surface area (Å²) in [5, 5.41) is 14.7. The van der Waals surface area contributed by atoms with Crippen molar-refractivity contribution in [3.05, 3.63) is 192 Å². The summed E-state index contributed by atoms with van der Waals surface area (Å²) in [4.78, 5) is 26.4. The molecule has 7 nitrogen and oxygen atoms in total. The molecule has 0 saturated carbocycles. The predicted molar refractivity (Wildman–Crippen MR) is 215 cm³/mol. The lowest BCUT2D eigenvalue weighted by molar-refractivity contribution is -0.137. The molecule has 0 spiro atoms. The fourth-order valence-electron chi connectivity index (χ4n) is 6.57. The molecule has 0 aliphatic heterocycles. The standard InChI is InChI=1S/C45H35ClN2O5S/c46-38-24-27-43(41(28-38)45(51)47-42(29-44(49)50)36-20-18-33(19-21-36)31-10-3-1-4-11-31)48(30-37-16-9-15-35-14-7-8-17-40(35)37)54(52,53)39-25-22-34(23-26-39)32-12-5-2-6-13-32/h1-28,42H,29-30H2,(H,47,51)(H,49,50). The summed E-state index contributed by atoms with van der Waals surface area (Å²) in [6, 6.07) is 50.2. The fourth-order valence-corrected chi connectivity index (χ4v) is 8.20. The molecule has 7 aromatic rings. The first kappa shape index (κ1) is 36.2. The monoisotopic (exact) mass is 750 g/mol. The van der Waals surface area contributed by atoms with E-state index in [-0.39, 0.29) is 27.7 Å². The number of anilines is 1. The van der Waals surface area contributed by atoms with Gasteiger partial charge in [0.15, 0.2) is 0 Å². The van der Waals surface area contributed by atoms with E-state index >= 15 is 0 Å². The van der Waals surface area contributed by atoms with Gasteiger partial charge in [-0.15, -0.1) is 0 Å². The van der Waals surface area contributed by atoms with Crippen molar-refractivity contribution in [3.63, 3.8) is 0 Å². The van der Waals surface area contributed by atoms with Gasteiger partial charge in [0.25, 0.3) is 15.9 Å². The quantitative estimate of drug-likeness (QED) is 0.129. The maximum Gasteiger partial charge on any atom is 0.305 e. The summed E-state index contributed by atoms with van der Waals surface area (Å²) in [5.74, 6) is -1.79. The van der Waals surface area contributed by atoms with Crippen LogP contribution in [0.25, 0.3) is 33.0 Å². The summed E-state index contributed by atoms with van der Waals surface area (Å²) in [7, 11) is -4.30. The molecule has 1 amide bonds. The largest absolute Gasteiger partial charge is 0.481 e. The number of carbonyl (C=O) groups excluding carboxylic acids is 1. The van der Waals surface area contributed by atoms with Crippen LogP contribution in [0.2, 0.25) is 5.02 Å². The topological polar surface area (TPSA) is 104 Å². The molecule has 0 radical (unpaired) electrons. The van der Waals surface area contributed by atoms with Gasteiger partial charge in [0.05, 0.1) is 35.2 Å². The Morgan fingerprint density at radius 3 is 1.83 bits per heavy atom. The van der Waals surface area contributed by atoms with Crippen LogP contribution in [0.3, 0.4) is 0 Å². The number of fused-ring (bicyclic) bond motifs is 1. The Morgan fingerprint density at radius 2 is 1.20 bits per heavy atom. The van der Waals surface area contributed by atoms with Crippen LogP contribution in [0.4, 0.5) is 5.69 Å². The Kier molecular flexibility index (Phi) is 10.6. The SMILES string of the molecule is O=C(O)CC(NC(=O)c1cc(Cl)ccc1N(Cc1cccc2ccccc12)S(=O)(=O)c1ccc(-c2ccccc2)cc1)c1ccc(-c2ccccc2)cc1. The maximum atomic E-state index is 14.8. The Balaban J connectivity index is 1.29. The normalized spacial score (nSPS) is 11.9. The Labute approximate surface area is 319 Å². The number of benzene rings is 7. The van der Waals surface area contributed by atoms with Crippen molar-refractivity contribution >= 4 is 50.0 Å². The number of hydrogen-bond donors (Lipinski definition) is 2. The molecule has 0 heterocycles. The molecule has 7 aromatic carbocycles. The lowest BCUT2D eigenvalue weighted by atomic mass is 9.98. The second-order valence-electron chi connectivity index (χ2n) is 12.8. The van der Waals surface area contributed by atoms with E-state index in [1.807, 2.05) is 115 Å². The minimum Gasteiger partial charge on any atom is -0.481 e. The molecule has 0 aliphatic rings. The van der Waals surface area contributed by atoms with Gasteiger partial charge in [-0.3, -0.25) is 13.9 Å². The third-order valence-corrected chi connectivity index (χ3v) is 11.3. The smallest absolute Gasteiger partial charge is 0.305 e. The lowest BCUT2D eigenvalue weighted by Crippen LogP contribution is -2.35. The van der Waals surface area contributed by atoms with Crippen LogP contribution in [0, 0.1) is 0 Å². The highest BCUT2D eigenvalue weighted by Gasteiger charge is 2.31. The van der Waals surface area contributed by atoms with E-state index in [9.17, 15) is 23.1 Å². The van der Waals surface area contributed by atoms with Crippen LogP contribution in [-0.2, 0) is 21.4 Å². The third-order valence-electron chi connectivity index (χ3n) is 9.32. The Bertz CT molecular complexity index is 2540. The van der Waals surface area contributed by atoms with Crippen LogP contribution in [0.15, 0.2) is 175 Å². The van der Waals surface area contributed by atoms with E-state index < -0.39 is 34.4 Å². The van der Waals surface area contributed by atoms with E-state index in [1.165, 1.54) is 22.5 Å². The number of amides is 1. The number of rotatable bonds is 12. The van der Waals surface area contributed by atoms with Crippen molar-refractivity contribution in [1.82, 2.24) is 5.32 Å². The first-order valence-electron chi connectivity index (χ1n) is 17.3. The highest BCUT2D eigenvalue weighted by Crippen LogP contribution is 2.34. The third kappa shape index (κ3) is 7.90. The molecular formula is C45H35ClN2O5S. The van der Waals surface area contributed by atoms with Crippen LogP contribution >= 0.6 is 11.6 Å². The first-order chi connectivity index (χ1) is 26.2. The van der Waals surface area contributed by atoms with Gasteiger partial charge in [0, 0.05) is 5.02 Å². The molecule has 2 N–H and O–H groups in total. The number of hydrogen-bond acceptors (Lipinski definition) is 4. The van der Waals surface area contributed by atoms with Gasteiger partial charge in [-0.1, -0.05) is 151 Å². The lowest BCUT2D eigenvalue weighted by Gasteiger charge is -2.28. The van der Waals surface area contributed by atoms with Gasteiger partial charge < -0.3 is 10.4 Å². The zero-order valence-electron chi connectivity index (χ0n) is 29.0. The molecule has 54 heavy (non-hydrogen) atoms. The first-order valence-corrected chi connectivity index (χ1v) is 19.1. The summed E-state index contributed by atoms with van der Waals surface area (Å²) in [6.07, 6.45) is -0.405. The van der Waals surface area contributed by atoms with Crippen molar-refractivity contribution < 1.29 is 23.1 Å². The zero-order chi connectivity index (χ0) is 37.7. The van der Waals surface area contributed by atoms with Gasteiger partial charge in [-0.25, -0.2) is 8.42 Å². The molecule has 9 heteroatoms. The average Bonchev–Trinajstić information content (AvgIpc) is 3.20. The van der Waals surface area contributed by atoms with Crippen molar-refractivity contribution in [2.24, 2.45) is 0 Å². The van der Waals surface area contributed by atoms with Gasteiger partial charge in [0.1, 0.15) is 0 Å². The number of nitrogens with one attached hydrogen (secondary N) is 1. The van der Waals surface area contributed by atoms with Crippen molar-refractivity contribution in [1.29, 1.82) is 0 Å². The number of nitrogens with zero attached hydrogens (tertiary/aromatic N) is 1. The molecule has 7 rings (SSSR count). The molecule has 1 atom stereocenters. The van der Waals surface area contributed by atoms with E-state index in [1.54, 1.807) is 36.4 Å².